The molecule has 3 saturated carbocycles. The minimum atomic E-state index is -0.532. The molecule has 160 valence electrons. The van der Waals surface area contributed by atoms with Gasteiger partial charge in [-0.15, -0.1) is 0 Å². The summed E-state index contributed by atoms with van der Waals surface area (Å²) in [6.45, 7) is 11.5. The summed E-state index contributed by atoms with van der Waals surface area (Å²) in [6.07, 6.45) is 14.5. The highest BCUT2D eigenvalue weighted by atomic mass is 16.3. The summed E-state index contributed by atoms with van der Waals surface area (Å²) >= 11 is 0. The van der Waals surface area contributed by atoms with Crippen molar-refractivity contribution in [3.63, 3.8) is 0 Å². The number of fused-ring (bicyclic) bond motifs is 5. The van der Waals surface area contributed by atoms with E-state index in [-0.39, 0.29) is 6.10 Å². The number of hydrogen-bond acceptors (Lipinski definition) is 2. The Morgan fingerprint density at radius 2 is 1.86 bits per heavy atom. The molecule has 8 atom stereocenters. The third kappa shape index (κ3) is 3.41. The molecule has 2 N–H and O–H groups in total. The highest BCUT2D eigenvalue weighted by molar-refractivity contribution is 5.25. The van der Waals surface area contributed by atoms with Crippen molar-refractivity contribution in [3.8, 4) is 0 Å². The molecule has 0 radical (unpaired) electrons. The van der Waals surface area contributed by atoms with Crippen LogP contribution in [0.15, 0.2) is 11.6 Å². The Morgan fingerprint density at radius 3 is 2.57 bits per heavy atom. The molecule has 4 rings (SSSR count). The van der Waals surface area contributed by atoms with E-state index in [0.29, 0.717) is 16.7 Å². The van der Waals surface area contributed by atoms with Crippen LogP contribution in [0, 0.1) is 40.4 Å². The second-order valence-corrected chi connectivity index (χ2v) is 12.2. The summed E-state index contributed by atoms with van der Waals surface area (Å²) in [7, 11) is 0. The van der Waals surface area contributed by atoms with E-state index in [2.05, 4.69) is 26.8 Å². The lowest BCUT2D eigenvalue weighted by Crippen LogP contribution is -2.50. The van der Waals surface area contributed by atoms with Gasteiger partial charge in [0.1, 0.15) is 0 Å². The Bertz CT molecular complexity index is 616. The van der Waals surface area contributed by atoms with E-state index in [1.54, 1.807) is 5.57 Å². The maximum Gasteiger partial charge on any atom is 0.0591 e. The summed E-state index contributed by atoms with van der Waals surface area (Å²) in [5.41, 5.74) is 1.91. The molecule has 0 amide bonds. The molecule has 0 aromatic carbocycles. The van der Waals surface area contributed by atoms with Gasteiger partial charge < -0.3 is 10.2 Å². The monoisotopic (exact) mass is 388 g/mol. The van der Waals surface area contributed by atoms with Crippen LogP contribution < -0.4 is 0 Å². The van der Waals surface area contributed by atoms with Gasteiger partial charge in [-0.2, -0.15) is 0 Å². The number of hydrogen-bond donors (Lipinski definition) is 2. The first kappa shape index (κ1) is 20.9. The number of allylic oxidation sites excluding steroid dienone is 1. The molecule has 1 unspecified atom stereocenters. The van der Waals surface area contributed by atoms with Crippen LogP contribution in [0.5, 0.6) is 0 Å². The molecule has 4 aliphatic carbocycles. The van der Waals surface area contributed by atoms with E-state index in [1.165, 1.54) is 38.5 Å². The lowest BCUT2D eigenvalue weighted by Gasteiger charge is -2.58. The Morgan fingerprint density at radius 1 is 1.11 bits per heavy atom. The molecular formula is C26H44O2. The normalized spacial score (nSPS) is 47.0. The van der Waals surface area contributed by atoms with E-state index in [0.717, 1.165) is 49.4 Å². The summed E-state index contributed by atoms with van der Waals surface area (Å²) < 4.78 is 0. The first-order valence-corrected chi connectivity index (χ1v) is 12.1. The van der Waals surface area contributed by atoms with E-state index >= 15 is 0 Å². The molecule has 28 heavy (non-hydrogen) atoms. The average Bonchev–Trinajstić information content (AvgIpc) is 2.97. The summed E-state index contributed by atoms with van der Waals surface area (Å²) in [5, 5.41) is 20.4. The standard InChI is InChI=1S/C26H44O2/c1-17(10-13-24(2,3)28)21-8-9-22-20-7-6-18-16-19(27)11-14-25(18,4)23(20)12-15-26(21,22)5/h6,17,19-23,27-28H,7-16H2,1-5H3/t17-,19+,20?,21-,22+,23+,25+,26-/m1/s1. The zero-order valence-corrected chi connectivity index (χ0v) is 19.0. The molecule has 0 aromatic rings. The van der Waals surface area contributed by atoms with Crippen LogP contribution in [0.25, 0.3) is 0 Å². The number of aliphatic hydroxyl groups is 2. The molecule has 0 heterocycles. The van der Waals surface area contributed by atoms with Crippen LogP contribution in [0.4, 0.5) is 0 Å². The molecule has 0 bridgehead atoms. The molecule has 0 saturated heterocycles. The molecule has 2 heteroatoms. The first-order chi connectivity index (χ1) is 13.0. The van der Waals surface area contributed by atoms with Gasteiger partial charge in [-0.25, -0.2) is 0 Å². The quantitative estimate of drug-likeness (QED) is 0.570. The fourth-order valence-electron chi connectivity index (χ4n) is 8.40. The van der Waals surface area contributed by atoms with E-state index in [1.807, 2.05) is 13.8 Å². The van der Waals surface area contributed by atoms with Crippen molar-refractivity contribution < 1.29 is 10.2 Å². The van der Waals surface area contributed by atoms with Gasteiger partial charge in [0.15, 0.2) is 0 Å². The Kier molecular flexibility index (Phi) is 5.32. The fourth-order valence-corrected chi connectivity index (χ4v) is 8.40. The smallest absolute Gasteiger partial charge is 0.0591 e. The van der Waals surface area contributed by atoms with Crippen molar-refractivity contribution in [2.75, 3.05) is 0 Å². The zero-order chi connectivity index (χ0) is 20.3. The van der Waals surface area contributed by atoms with E-state index in [9.17, 15) is 10.2 Å². The predicted molar refractivity (Wildman–Crippen MR) is 116 cm³/mol. The second-order valence-electron chi connectivity index (χ2n) is 12.2. The van der Waals surface area contributed by atoms with E-state index in [4.69, 9.17) is 0 Å². The lowest BCUT2D eigenvalue weighted by molar-refractivity contribution is -0.0585. The van der Waals surface area contributed by atoms with Gasteiger partial charge in [-0.1, -0.05) is 32.4 Å². The Balaban J connectivity index is 1.52. The SMILES string of the molecule is C[C@H](CCC(C)(C)O)[C@H]1CC[C@H]2C3CC=C4C[C@@H](O)CC[C@]4(C)[C@H]3CC[C@]12C. The Hall–Kier alpha value is -0.340. The van der Waals surface area contributed by atoms with E-state index < -0.39 is 5.60 Å². The lowest BCUT2D eigenvalue weighted by atomic mass is 9.47. The highest BCUT2D eigenvalue weighted by Gasteiger charge is 2.59. The first-order valence-electron chi connectivity index (χ1n) is 12.1. The molecule has 2 nitrogen and oxygen atoms in total. The molecule has 4 aliphatic rings. The van der Waals surface area contributed by atoms with Crippen LogP contribution in [-0.2, 0) is 0 Å². The second kappa shape index (κ2) is 7.12. The molecule has 3 fully saturated rings. The van der Waals surface area contributed by atoms with Gasteiger partial charge >= 0.3 is 0 Å². The topological polar surface area (TPSA) is 40.5 Å². The average molecular weight is 389 g/mol. The third-order valence-electron chi connectivity index (χ3n) is 10.0. The van der Waals surface area contributed by atoms with Gasteiger partial charge in [0.25, 0.3) is 0 Å². The molecular weight excluding hydrogens is 344 g/mol. The minimum Gasteiger partial charge on any atom is -0.393 e. The van der Waals surface area contributed by atoms with Crippen LogP contribution in [0.1, 0.15) is 98.8 Å². The molecule has 0 aliphatic heterocycles. The minimum absolute atomic E-state index is 0.0998. The third-order valence-corrected chi connectivity index (χ3v) is 10.0. The Labute approximate surface area is 173 Å². The van der Waals surface area contributed by atoms with Gasteiger partial charge in [0.2, 0.25) is 0 Å². The van der Waals surface area contributed by atoms with Crippen molar-refractivity contribution in [1.29, 1.82) is 0 Å². The van der Waals surface area contributed by atoms with Crippen LogP contribution >= 0.6 is 0 Å². The largest absolute Gasteiger partial charge is 0.393 e. The summed E-state index contributed by atoms with van der Waals surface area (Å²) in [5.74, 6) is 4.11. The van der Waals surface area contributed by atoms with Gasteiger partial charge in [-0.05, 0) is 118 Å². The summed E-state index contributed by atoms with van der Waals surface area (Å²) in [6, 6.07) is 0. The van der Waals surface area contributed by atoms with Gasteiger partial charge in [0.05, 0.1) is 11.7 Å². The maximum atomic E-state index is 10.2. The van der Waals surface area contributed by atoms with Crippen LogP contribution in [-0.4, -0.2) is 21.9 Å². The van der Waals surface area contributed by atoms with Crippen molar-refractivity contribution in [3.05, 3.63) is 11.6 Å². The van der Waals surface area contributed by atoms with Crippen molar-refractivity contribution >= 4 is 0 Å². The van der Waals surface area contributed by atoms with Gasteiger partial charge in [0, 0.05) is 0 Å². The molecule has 0 spiro atoms. The highest BCUT2D eigenvalue weighted by Crippen LogP contribution is 2.67. The van der Waals surface area contributed by atoms with Crippen molar-refractivity contribution in [2.24, 2.45) is 40.4 Å². The van der Waals surface area contributed by atoms with Crippen molar-refractivity contribution in [1.82, 2.24) is 0 Å². The summed E-state index contributed by atoms with van der Waals surface area (Å²) in [4.78, 5) is 0. The number of rotatable bonds is 4. The number of aliphatic hydroxyl groups excluding tert-OH is 1. The van der Waals surface area contributed by atoms with Crippen LogP contribution in [0.3, 0.4) is 0 Å². The molecule has 0 aromatic heterocycles. The zero-order valence-electron chi connectivity index (χ0n) is 19.0. The van der Waals surface area contributed by atoms with Crippen LogP contribution in [0.2, 0.25) is 0 Å². The maximum absolute atomic E-state index is 10.2. The predicted octanol–water partition coefficient (Wildman–Crippen LogP) is 6.11. The van der Waals surface area contributed by atoms with Gasteiger partial charge in [-0.3, -0.25) is 0 Å². The van der Waals surface area contributed by atoms with Crippen molar-refractivity contribution in [2.45, 2.75) is 111 Å². The fraction of sp³-hybridized carbons (Fsp3) is 0.923.